The Hall–Kier alpha value is -0.200. The van der Waals surface area contributed by atoms with Crippen LogP contribution >= 0.6 is 0 Å². The molecule has 0 aliphatic heterocycles. The Balaban J connectivity index is 1.95. The van der Waals surface area contributed by atoms with Gasteiger partial charge in [0.05, 0.1) is 25.4 Å². The quantitative estimate of drug-likeness (QED) is 0.561. The van der Waals surface area contributed by atoms with Crippen molar-refractivity contribution in [3.8, 4) is 0 Å². The summed E-state index contributed by atoms with van der Waals surface area (Å²) >= 11 is 0. The van der Waals surface area contributed by atoms with E-state index in [1.807, 2.05) is 0 Å². The van der Waals surface area contributed by atoms with Crippen molar-refractivity contribution >= 4 is 0 Å². The smallest absolute Gasteiger partial charge is 0.0988 e. The van der Waals surface area contributed by atoms with Gasteiger partial charge in [0.1, 0.15) is 0 Å². The summed E-state index contributed by atoms with van der Waals surface area (Å²) in [6.45, 7) is 5.56. The van der Waals surface area contributed by atoms with Gasteiger partial charge in [0.25, 0.3) is 0 Å². The molecule has 0 amide bonds. The average Bonchev–Trinajstić information content (AvgIpc) is 2.36. The lowest BCUT2D eigenvalue weighted by Gasteiger charge is -2.41. The molecule has 0 heterocycles. The molecule has 0 aromatic carbocycles. The molecule has 5 nitrogen and oxygen atoms in total. The molecule has 1 aliphatic carbocycles. The number of hydrogen-bond acceptors (Lipinski definition) is 5. The third-order valence-electron chi connectivity index (χ3n) is 3.00. The second-order valence-corrected chi connectivity index (χ2v) is 4.60. The van der Waals surface area contributed by atoms with Crippen LogP contribution in [-0.4, -0.2) is 58.4 Å². The molecule has 0 aromatic rings. The fourth-order valence-corrected chi connectivity index (χ4v) is 1.90. The third-order valence-corrected chi connectivity index (χ3v) is 3.00. The highest BCUT2D eigenvalue weighted by Gasteiger charge is 2.40. The summed E-state index contributed by atoms with van der Waals surface area (Å²) in [5.74, 6) is 0. The molecular formula is C13H27NO4. The van der Waals surface area contributed by atoms with E-state index in [0.717, 1.165) is 25.9 Å². The van der Waals surface area contributed by atoms with Gasteiger partial charge in [-0.05, 0) is 19.3 Å². The number of hydrogen-bond donors (Lipinski definition) is 1. The van der Waals surface area contributed by atoms with Crippen molar-refractivity contribution in [2.45, 2.75) is 44.4 Å². The van der Waals surface area contributed by atoms with Gasteiger partial charge < -0.3 is 24.7 Å². The monoisotopic (exact) mass is 261 g/mol. The van der Waals surface area contributed by atoms with Crippen molar-refractivity contribution in [2.24, 2.45) is 5.73 Å². The summed E-state index contributed by atoms with van der Waals surface area (Å²) in [5, 5.41) is 0. The van der Waals surface area contributed by atoms with Crippen LogP contribution in [-0.2, 0) is 18.9 Å². The standard InChI is InChI=1S/C13H27NO4/c1-3-5-18-13-11(14)10-12(13)17-7-4-6-16-9-8-15-2/h11-13H,3-10,14H2,1-2H3. The van der Waals surface area contributed by atoms with Crippen LogP contribution in [0.2, 0.25) is 0 Å². The van der Waals surface area contributed by atoms with Crippen LogP contribution in [0.25, 0.3) is 0 Å². The lowest BCUT2D eigenvalue weighted by atomic mass is 9.86. The van der Waals surface area contributed by atoms with Crippen LogP contribution in [0.15, 0.2) is 0 Å². The van der Waals surface area contributed by atoms with E-state index < -0.39 is 0 Å². The molecule has 0 spiro atoms. The fraction of sp³-hybridized carbons (Fsp3) is 1.00. The van der Waals surface area contributed by atoms with E-state index in [1.54, 1.807) is 7.11 Å². The van der Waals surface area contributed by atoms with Crippen molar-refractivity contribution in [2.75, 3.05) is 40.1 Å². The minimum atomic E-state index is 0.0827. The van der Waals surface area contributed by atoms with Gasteiger partial charge in [-0.3, -0.25) is 0 Å². The highest BCUT2D eigenvalue weighted by Crippen LogP contribution is 2.25. The van der Waals surface area contributed by atoms with E-state index in [9.17, 15) is 0 Å². The lowest BCUT2D eigenvalue weighted by Crippen LogP contribution is -2.58. The zero-order chi connectivity index (χ0) is 13.2. The minimum absolute atomic E-state index is 0.0827. The molecule has 108 valence electrons. The van der Waals surface area contributed by atoms with Crippen LogP contribution in [0, 0.1) is 0 Å². The predicted octanol–water partition coefficient (Wildman–Crippen LogP) is 0.951. The Morgan fingerprint density at radius 2 is 1.89 bits per heavy atom. The average molecular weight is 261 g/mol. The normalized spacial score (nSPS) is 27.2. The maximum absolute atomic E-state index is 5.90. The van der Waals surface area contributed by atoms with Crippen molar-refractivity contribution in [1.29, 1.82) is 0 Å². The second-order valence-electron chi connectivity index (χ2n) is 4.60. The lowest BCUT2D eigenvalue weighted by molar-refractivity contribution is -0.141. The molecule has 1 aliphatic rings. The van der Waals surface area contributed by atoms with E-state index in [2.05, 4.69) is 6.92 Å². The van der Waals surface area contributed by atoms with E-state index in [0.29, 0.717) is 26.4 Å². The molecule has 18 heavy (non-hydrogen) atoms. The first-order chi connectivity index (χ1) is 8.79. The van der Waals surface area contributed by atoms with Crippen LogP contribution in [0.1, 0.15) is 26.2 Å². The second kappa shape index (κ2) is 9.69. The van der Waals surface area contributed by atoms with Crippen LogP contribution in [0.3, 0.4) is 0 Å². The number of methoxy groups -OCH3 is 1. The van der Waals surface area contributed by atoms with Gasteiger partial charge in [-0.15, -0.1) is 0 Å². The first-order valence-electron chi connectivity index (χ1n) is 6.85. The zero-order valence-corrected chi connectivity index (χ0v) is 11.6. The van der Waals surface area contributed by atoms with E-state index in [1.165, 1.54) is 0 Å². The van der Waals surface area contributed by atoms with Gasteiger partial charge in [-0.25, -0.2) is 0 Å². The summed E-state index contributed by atoms with van der Waals surface area (Å²) < 4.78 is 21.7. The zero-order valence-electron chi connectivity index (χ0n) is 11.6. The van der Waals surface area contributed by atoms with E-state index in [-0.39, 0.29) is 18.2 Å². The molecule has 1 saturated carbocycles. The maximum atomic E-state index is 5.90. The molecule has 1 rings (SSSR count). The van der Waals surface area contributed by atoms with E-state index >= 15 is 0 Å². The van der Waals surface area contributed by atoms with Gasteiger partial charge in [-0.1, -0.05) is 6.92 Å². The first-order valence-corrected chi connectivity index (χ1v) is 6.85. The topological polar surface area (TPSA) is 62.9 Å². The Labute approximate surface area is 110 Å². The molecule has 0 radical (unpaired) electrons. The molecule has 2 N–H and O–H groups in total. The Bertz CT molecular complexity index is 203. The van der Waals surface area contributed by atoms with Crippen molar-refractivity contribution in [3.05, 3.63) is 0 Å². The van der Waals surface area contributed by atoms with Gasteiger partial charge in [0.2, 0.25) is 0 Å². The molecule has 3 atom stereocenters. The highest BCUT2D eigenvalue weighted by molar-refractivity contribution is 4.95. The summed E-state index contributed by atoms with van der Waals surface area (Å²) in [6, 6.07) is 0.138. The Morgan fingerprint density at radius 3 is 2.56 bits per heavy atom. The number of nitrogens with two attached hydrogens (primary N) is 1. The van der Waals surface area contributed by atoms with Crippen molar-refractivity contribution in [1.82, 2.24) is 0 Å². The van der Waals surface area contributed by atoms with Gasteiger partial charge >= 0.3 is 0 Å². The Kier molecular flexibility index (Phi) is 8.54. The van der Waals surface area contributed by atoms with Crippen LogP contribution < -0.4 is 5.73 Å². The van der Waals surface area contributed by atoms with Crippen molar-refractivity contribution < 1.29 is 18.9 Å². The van der Waals surface area contributed by atoms with E-state index in [4.69, 9.17) is 24.7 Å². The third kappa shape index (κ3) is 5.63. The molecule has 0 saturated heterocycles. The molecule has 0 bridgehead atoms. The molecule has 1 fully saturated rings. The largest absolute Gasteiger partial charge is 0.382 e. The van der Waals surface area contributed by atoms with Gasteiger partial charge in [-0.2, -0.15) is 0 Å². The minimum Gasteiger partial charge on any atom is -0.382 e. The molecule has 5 heteroatoms. The fourth-order valence-electron chi connectivity index (χ4n) is 1.90. The van der Waals surface area contributed by atoms with Gasteiger partial charge in [0.15, 0.2) is 0 Å². The SMILES string of the molecule is CCCOC1C(N)CC1OCCCOCCOC. The molecular weight excluding hydrogens is 234 g/mol. The summed E-state index contributed by atoms with van der Waals surface area (Å²) in [5.41, 5.74) is 5.90. The van der Waals surface area contributed by atoms with Crippen LogP contribution in [0.4, 0.5) is 0 Å². The number of rotatable bonds is 11. The summed E-state index contributed by atoms with van der Waals surface area (Å²) in [7, 11) is 1.67. The Morgan fingerprint density at radius 1 is 1.06 bits per heavy atom. The van der Waals surface area contributed by atoms with Crippen LogP contribution in [0.5, 0.6) is 0 Å². The molecule has 0 aromatic heterocycles. The first kappa shape index (κ1) is 15.9. The van der Waals surface area contributed by atoms with Gasteiger partial charge in [0, 0.05) is 33.0 Å². The van der Waals surface area contributed by atoms with Crippen molar-refractivity contribution in [3.63, 3.8) is 0 Å². The molecule has 3 unspecified atom stereocenters. The summed E-state index contributed by atoms with van der Waals surface area (Å²) in [6.07, 6.45) is 3.07. The predicted molar refractivity (Wildman–Crippen MR) is 69.7 cm³/mol. The highest BCUT2D eigenvalue weighted by atomic mass is 16.5. The summed E-state index contributed by atoms with van der Waals surface area (Å²) in [4.78, 5) is 0. The number of ether oxygens (including phenoxy) is 4. The maximum Gasteiger partial charge on any atom is 0.0988 e.